The number of hydrogen-bond donors (Lipinski definition) is 0. The number of aliphatic imine (C=N–C) groups is 1. The Hall–Kier alpha value is -2.88. The number of nitrogens with zero attached hydrogens (tertiary/aromatic N) is 3. The highest BCUT2D eigenvalue weighted by Crippen LogP contribution is 2.39. The van der Waals surface area contributed by atoms with E-state index in [0.29, 0.717) is 6.04 Å². The van der Waals surface area contributed by atoms with Crippen LogP contribution in [0.3, 0.4) is 0 Å². The number of benzene rings is 2. The summed E-state index contributed by atoms with van der Waals surface area (Å²) < 4.78 is 0. The highest BCUT2D eigenvalue weighted by molar-refractivity contribution is 6.11. The van der Waals surface area contributed by atoms with Gasteiger partial charge in [-0.25, -0.2) is 4.99 Å². The van der Waals surface area contributed by atoms with E-state index in [1.165, 1.54) is 40.3 Å². The van der Waals surface area contributed by atoms with Crippen LogP contribution in [-0.2, 0) is 11.2 Å². The van der Waals surface area contributed by atoms with Gasteiger partial charge in [0.05, 0.1) is 11.4 Å². The van der Waals surface area contributed by atoms with Crippen LogP contribution in [0.2, 0.25) is 0 Å². The summed E-state index contributed by atoms with van der Waals surface area (Å²) in [6.07, 6.45) is 10.6. The van der Waals surface area contributed by atoms with Gasteiger partial charge in [0.1, 0.15) is 6.04 Å². The molecule has 3 aliphatic rings. The van der Waals surface area contributed by atoms with Crippen molar-refractivity contribution in [3.8, 4) is 0 Å². The van der Waals surface area contributed by atoms with E-state index in [1.807, 2.05) is 11.9 Å². The minimum absolute atomic E-state index is 0.132. The standard InChI is InChI=1S/C30H37N3O/c1-5-20-12-10-13-22-14-11-17-24(27(20)22)28-21(6-2)18-19-26-29(31-28)33(23-15-8-9-16-23)25(7-3)30(34)32(26)4/h10-14,17,19,23,25H,5-9,15-16,18H2,1-4H3. The van der Waals surface area contributed by atoms with Crippen molar-refractivity contribution in [1.29, 1.82) is 0 Å². The van der Waals surface area contributed by atoms with Crippen LogP contribution >= 0.6 is 0 Å². The van der Waals surface area contributed by atoms with Gasteiger partial charge < -0.3 is 9.80 Å². The number of hydrogen-bond acceptors (Lipinski definition) is 3. The first-order valence-electron chi connectivity index (χ1n) is 13.2. The van der Waals surface area contributed by atoms with E-state index in [0.717, 1.165) is 55.8 Å². The summed E-state index contributed by atoms with van der Waals surface area (Å²) in [4.78, 5) is 23.2. The van der Waals surface area contributed by atoms with Gasteiger partial charge in [-0.3, -0.25) is 4.79 Å². The summed E-state index contributed by atoms with van der Waals surface area (Å²) in [5, 5.41) is 2.59. The van der Waals surface area contributed by atoms with Crippen molar-refractivity contribution in [2.45, 2.75) is 84.2 Å². The fraction of sp³-hybridized carbons (Fsp3) is 0.467. The number of amidine groups is 1. The molecule has 2 aliphatic heterocycles. The Morgan fingerprint density at radius 3 is 2.41 bits per heavy atom. The van der Waals surface area contributed by atoms with Gasteiger partial charge in [-0.2, -0.15) is 0 Å². The first-order valence-corrected chi connectivity index (χ1v) is 13.2. The molecule has 0 aromatic heterocycles. The van der Waals surface area contributed by atoms with Crippen LogP contribution in [-0.4, -0.2) is 40.7 Å². The molecule has 1 aliphatic carbocycles. The van der Waals surface area contributed by atoms with Crippen LogP contribution < -0.4 is 0 Å². The summed E-state index contributed by atoms with van der Waals surface area (Å²) in [7, 11) is 1.93. The molecule has 178 valence electrons. The number of likely N-dealkylation sites (N-methyl/N-ethyl adjacent to an activating group) is 1. The van der Waals surface area contributed by atoms with Crippen molar-refractivity contribution in [2.24, 2.45) is 4.99 Å². The van der Waals surface area contributed by atoms with Crippen LogP contribution in [0.1, 0.15) is 76.8 Å². The summed E-state index contributed by atoms with van der Waals surface area (Å²) in [6.45, 7) is 6.60. The summed E-state index contributed by atoms with van der Waals surface area (Å²) >= 11 is 0. The van der Waals surface area contributed by atoms with Crippen LogP contribution in [0.25, 0.3) is 16.5 Å². The Balaban J connectivity index is 1.75. The summed E-state index contributed by atoms with van der Waals surface area (Å²) in [5.41, 5.74) is 6.03. The highest BCUT2D eigenvalue weighted by atomic mass is 16.2. The molecule has 4 heteroatoms. The lowest BCUT2D eigenvalue weighted by atomic mass is 9.93. The van der Waals surface area contributed by atoms with Crippen molar-refractivity contribution in [3.63, 3.8) is 0 Å². The zero-order chi connectivity index (χ0) is 23.8. The van der Waals surface area contributed by atoms with Crippen LogP contribution in [0, 0.1) is 0 Å². The van der Waals surface area contributed by atoms with E-state index < -0.39 is 0 Å². The van der Waals surface area contributed by atoms with Crippen molar-refractivity contribution < 1.29 is 4.79 Å². The maximum Gasteiger partial charge on any atom is 0.249 e. The SMILES string of the molecule is CCC1=C(c2cccc3cccc(CC)c23)N=C2C(=CC1)N(C)C(=O)C(CC)N2C1CCCC1. The molecule has 2 aromatic rings. The molecule has 0 N–H and O–H groups in total. The molecule has 1 saturated carbocycles. The van der Waals surface area contributed by atoms with Crippen molar-refractivity contribution in [2.75, 3.05) is 7.05 Å². The third-order valence-electron chi connectivity index (χ3n) is 8.04. The van der Waals surface area contributed by atoms with Crippen molar-refractivity contribution in [1.82, 2.24) is 9.80 Å². The van der Waals surface area contributed by atoms with Crippen molar-refractivity contribution in [3.05, 3.63) is 64.9 Å². The maximum atomic E-state index is 13.4. The minimum Gasteiger partial charge on any atom is -0.340 e. The fourth-order valence-corrected chi connectivity index (χ4v) is 6.19. The van der Waals surface area contributed by atoms with E-state index in [4.69, 9.17) is 4.99 Å². The van der Waals surface area contributed by atoms with Crippen LogP contribution in [0.4, 0.5) is 0 Å². The average Bonchev–Trinajstić information content (AvgIpc) is 3.33. The highest BCUT2D eigenvalue weighted by Gasteiger charge is 2.43. The molecule has 0 radical (unpaired) electrons. The number of amides is 1. The number of carbonyl (C=O) groups excluding carboxylic acids is 1. The van der Waals surface area contributed by atoms with E-state index in [-0.39, 0.29) is 11.9 Å². The molecule has 1 unspecified atom stereocenters. The number of rotatable bonds is 5. The molecule has 2 aromatic carbocycles. The van der Waals surface area contributed by atoms with Gasteiger partial charge in [0.25, 0.3) is 0 Å². The zero-order valence-corrected chi connectivity index (χ0v) is 21.1. The van der Waals surface area contributed by atoms with Gasteiger partial charge in [0.15, 0.2) is 5.84 Å². The van der Waals surface area contributed by atoms with Crippen molar-refractivity contribution >= 4 is 28.2 Å². The van der Waals surface area contributed by atoms with Crippen LogP contribution in [0.5, 0.6) is 0 Å². The molecular formula is C30H37N3O. The molecular weight excluding hydrogens is 418 g/mol. The summed E-state index contributed by atoms with van der Waals surface area (Å²) in [5.74, 6) is 1.21. The predicted octanol–water partition coefficient (Wildman–Crippen LogP) is 6.70. The Labute approximate surface area is 204 Å². The van der Waals surface area contributed by atoms with E-state index in [9.17, 15) is 4.79 Å². The molecule has 1 atom stereocenters. The average molecular weight is 456 g/mol. The largest absolute Gasteiger partial charge is 0.340 e. The van der Waals surface area contributed by atoms with Gasteiger partial charge in [-0.1, -0.05) is 76.1 Å². The third-order valence-corrected chi connectivity index (χ3v) is 8.04. The first-order chi connectivity index (χ1) is 16.6. The second-order valence-corrected chi connectivity index (χ2v) is 9.88. The fourth-order valence-electron chi connectivity index (χ4n) is 6.19. The molecule has 0 spiro atoms. The Morgan fingerprint density at radius 1 is 1.00 bits per heavy atom. The summed E-state index contributed by atoms with van der Waals surface area (Å²) in [6, 6.07) is 13.5. The molecule has 2 heterocycles. The molecule has 2 fully saturated rings. The van der Waals surface area contributed by atoms with Gasteiger partial charge >= 0.3 is 0 Å². The molecule has 34 heavy (non-hydrogen) atoms. The normalized spacial score (nSPS) is 21.6. The molecule has 1 amide bonds. The number of allylic oxidation sites excluding steroid dienone is 2. The molecule has 5 rings (SSSR count). The van der Waals surface area contributed by atoms with Gasteiger partial charge in [-0.15, -0.1) is 0 Å². The van der Waals surface area contributed by atoms with Crippen LogP contribution in [0.15, 0.2) is 58.7 Å². The Bertz CT molecular complexity index is 1190. The molecule has 0 bridgehead atoms. The second-order valence-electron chi connectivity index (χ2n) is 9.88. The third kappa shape index (κ3) is 3.68. The minimum atomic E-state index is -0.132. The quantitative estimate of drug-likeness (QED) is 0.503. The van der Waals surface area contributed by atoms with Gasteiger partial charge in [0, 0.05) is 18.7 Å². The monoisotopic (exact) mass is 455 g/mol. The van der Waals surface area contributed by atoms with E-state index in [1.54, 1.807) is 0 Å². The Kier molecular flexibility index (Phi) is 6.33. The zero-order valence-electron chi connectivity index (χ0n) is 21.1. The lowest BCUT2D eigenvalue weighted by molar-refractivity contribution is -0.134. The smallest absolute Gasteiger partial charge is 0.249 e. The number of piperazine rings is 1. The molecule has 1 saturated heterocycles. The van der Waals surface area contributed by atoms with Gasteiger partial charge in [0.2, 0.25) is 5.91 Å². The predicted molar refractivity (Wildman–Crippen MR) is 142 cm³/mol. The first kappa shape index (κ1) is 22.9. The number of carbonyl (C=O) groups is 1. The topological polar surface area (TPSA) is 35.9 Å². The molecule has 4 nitrogen and oxygen atoms in total. The van der Waals surface area contributed by atoms with Gasteiger partial charge in [-0.05, 0) is 60.4 Å². The lowest BCUT2D eigenvalue weighted by Crippen LogP contribution is -2.60. The van der Waals surface area contributed by atoms with E-state index >= 15 is 0 Å². The number of fused-ring (bicyclic) bond motifs is 2. The lowest BCUT2D eigenvalue weighted by Gasteiger charge is -2.45. The maximum absolute atomic E-state index is 13.4. The Morgan fingerprint density at radius 2 is 1.74 bits per heavy atom. The second kappa shape index (κ2) is 9.40. The van der Waals surface area contributed by atoms with E-state index in [2.05, 4.69) is 68.1 Å². The number of aryl methyl sites for hydroxylation is 1.